The fourth-order valence-electron chi connectivity index (χ4n) is 2.11. The van der Waals surface area contributed by atoms with Crippen LogP contribution in [0.5, 0.6) is 0 Å². The summed E-state index contributed by atoms with van der Waals surface area (Å²) in [5.41, 5.74) is 0. The van der Waals surface area contributed by atoms with Crippen LogP contribution >= 0.6 is 0 Å². The van der Waals surface area contributed by atoms with Gasteiger partial charge in [0, 0.05) is 20.1 Å². The van der Waals surface area contributed by atoms with E-state index < -0.39 is 0 Å². The molecule has 2 rings (SSSR count). The Balaban J connectivity index is 1.74. The van der Waals surface area contributed by atoms with Crippen LogP contribution in [0.3, 0.4) is 0 Å². The van der Waals surface area contributed by atoms with E-state index in [0.29, 0.717) is 20.0 Å². The number of hydrogen-bond acceptors (Lipinski definition) is 5. The lowest BCUT2D eigenvalue weighted by molar-refractivity contribution is -0.166. The maximum atomic E-state index is 5.88. The summed E-state index contributed by atoms with van der Waals surface area (Å²) in [4.78, 5) is 2.22. The van der Waals surface area contributed by atoms with Crippen LogP contribution in [0.25, 0.3) is 0 Å². The molecule has 2 unspecified atom stereocenters. The Morgan fingerprint density at radius 2 is 2.40 bits per heavy atom. The molecule has 88 valence electrons. The molecule has 5 heteroatoms. The van der Waals surface area contributed by atoms with E-state index in [1.165, 1.54) is 0 Å². The number of hydrogen-bond donors (Lipinski definition) is 0. The molecule has 5 nitrogen and oxygen atoms in total. The van der Waals surface area contributed by atoms with Gasteiger partial charge in [0.15, 0.2) is 5.79 Å². The minimum atomic E-state index is -0.365. The van der Waals surface area contributed by atoms with Gasteiger partial charge in [-0.1, -0.05) is 0 Å². The molecule has 0 amide bonds. The quantitative estimate of drug-likeness (QED) is 0.492. The van der Waals surface area contributed by atoms with Crippen LogP contribution in [0.15, 0.2) is 0 Å². The van der Waals surface area contributed by atoms with E-state index in [1.807, 2.05) is 0 Å². The number of likely N-dealkylation sites (N-methyl/N-ethyl adjacent to an activating group) is 1. The topological polar surface area (TPSA) is 40.2 Å². The second-order valence-corrected chi connectivity index (χ2v) is 4.23. The monoisotopic (exact) mass is 217 g/mol. The van der Waals surface area contributed by atoms with Crippen molar-refractivity contribution in [2.24, 2.45) is 0 Å². The first-order valence-electron chi connectivity index (χ1n) is 5.31. The van der Waals surface area contributed by atoms with Gasteiger partial charge in [-0.25, -0.2) is 0 Å². The minimum absolute atomic E-state index is 0.0478. The van der Waals surface area contributed by atoms with E-state index in [0.717, 1.165) is 19.5 Å². The molecule has 0 aromatic heterocycles. The SMILES string of the molecule is COCOCC1COC2(CCN(C)C2)O1. The summed E-state index contributed by atoms with van der Waals surface area (Å²) in [5.74, 6) is -0.365. The third-order valence-electron chi connectivity index (χ3n) is 2.80. The molecule has 0 aliphatic carbocycles. The van der Waals surface area contributed by atoms with Crippen LogP contribution < -0.4 is 0 Å². The van der Waals surface area contributed by atoms with Gasteiger partial charge in [-0.05, 0) is 7.05 Å². The van der Waals surface area contributed by atoms with Gasteiger partial charge in [0.25, 0.3) is 0 Å². The van der Waals surface area contributed by atoms with Gasteiger partial charge in [-0.3, -0.25) is 0 Å². The Hall–Kier alpha value is -0.200. The van der Waals surface area contributed by atoms with Crippen LogP contribution in [0.2, 0.25) is 0 Å². The van der Waals surface area contributed by atoms with Gasteiger partial charge in [-0.2, -0.15) is 0 Å². The Labute approximate surface area is 90.2 Å². The van der Waals surface area contributed by atoms with Crippen LogP contribution in [0.1, 0.15) is 6.42 Å². The molecule has 0 aromatic rings. The molecule has 15 heavy (non-hydrogen) atoms. The van der Waals surface area contributed by atoms with Crippen LogP contribution in [0, 0.1) is 0 Å². The fourth-order valence-corrected chi connectivity index (χ4v) is 2.11. The average Bonchev–Trinajstić information content (AvgIpc) is 2.76. The molecule has 0 radical (unpaired) electrons. The number of ether oxygens (including phenoxy) is 4. The van der Waals surface area contributed by atoms with E-state index in [4.69, 9.17) is 18.9 Å². The molecule has 2 atom stereocenters. The van der Waals surface area contributed by atoms with Crippen molar-refractivity contribution < 1.29 is 18.9 Å². The second kappa shape index (κ2) is 4.76. The fraction of sp³-hybridized carbons (Fsp3) is 1.00. The molecule has 2 saturated heterocycles. The second-order valence-electron chi connectivity index (χ2n) is 4.23. The Morgan fingerprint density at radius 3 is 3.07 bits per heavy atom. The predicted molar refractivity (Wildman–Crippen MR) is 53.5 cm³/mol. The summed E-state index contributed by atoms with van der Waals surface area (Å²) < 4.78 is 21.7. The van der Waals surface area contributed by atoms with Gasteiger partial charge < -0.3 is 23.8 Å². The summed E-state index contributed by atoms with van der Waals surface area (Å²) in [5, 5.41) is 0. The summed E-state index contributed by atoms with van der Waals surface area (Å²) in [6.07, 6.45) is 0.997. The lowest BCUT2D eigenvalue weighted by Gasteiger charge is -2.22. The minimum Gasteiger partial charge on any atom is -0.359 e. The van der Waals surface area contributed by atoms with Crippen LogP contribution in [-0.4, -0.2) is 64.0 Å². The van der Waals surface area contributed by atoms with Gasteiger partial charge >= 0.3 is 0 Å². The third-order valence-corrected chi connectivity index (χ3v) is 2.80. The average molecular weight is 217 g/mol. The van der Waals surface area contributed by atoms with E-state index in [-0.39, 0.29) is 11.9 Å². The number of nitrogens with zero attached hydrogens (tertiary/aromatic N) is 1. The highest BCUT2D eigenvalue weighted by Crippen LogP contribution is 2.32. The van der Waals surface area contributed by atoms with Gasteiger partial charge in [0.1, 0.15) is 12.9 Å². The lowest BCUT2D eigenvalue weighted by Crippen LogP contribution is -2.34. The molecule has 0 saturated carbocycles. The van der Waals surface area contributed by atoms with Gasteiger partial charge in [0.05, 0.1) is 19.8 Å². The molecule has 0 bridgehead atoms. The molecule has 0 aromatic carbocycles. The maximum absolute atomic E-state index is 5.88. The molecule has 2 heterocycles. The maximum Gasteiger partial charge on any atom is 0.182 e. The van der Waals surface area contributed by atoms with Crippen molar-refractivity contribution >= 4 is 0 Å². The third kappa shape index (κ3) is 2.68. The zero-order valence-electron chi connectivity index (χ0n) is 9.40. The molecular weight excluding hydrogens is 198 g/mol. The normalized spacial score (nSPS) is 36.8. The van der Waals surface area contributed by atoms with Crippen molar-refractivity contribution in [2.45, 2.75) is 18.3 Å². The predicted octanol–water partition coefficient (Wildman–Crippen LogP) is 0.0541. The zero-order valence-corrected chi connectivity index (χ0v) is 9.40. The molecule has 1 spiro atoms. The summed E-state index contributed by atoms with van der Waals surface area (Å²) in [7, 11) is 3.69. The Bertz CT molecular complexity index is 212. The van der Waals surface area contributed by atoms with E-state index in [2.05, 4.69) is 11.9 Å². The van der Waals surface area contributed by atoms with E-state index in [1.54, 1.807) is 7.11 Å². The van der Waals surface area contributed by atoms with E-state index in [9.17, 15) is 0 Å². The highest BCUT2D eigenvalue weighted by molar-refractivity contribution is 4.87. The zero-order chi connectivity index (χ0) is 10.7. The van der Waals surface area contributed by atoms with Crippen molar-refractivity contribution in [3.63, 3.8) is 0 Å². The summed E-state index contributed by atoms with van der Waals surface area (Å²) in [6, 6.07) is 0. The van der Waals surface area contributed by atoms with Crippen molar-refractivity contribution in [2.75, 3.05) is 47.3 Å². The van der Waals surface area contributed by atoms with Gasteiger partial charge in [0.2, 0.25) is 0 Å². The van der Waals surface area contributed by atoms with Crippen LogP contribution in [0.4, 0.5) is 0 Å². The standard InChI is InChI=1S/C10H19NO4/c1-11-4-3-10(7-11)14-6-9(15-10)5-13-8-12-2/h9H,3-8H2,1-2H3. The summed E-state index contributed by atoms with van der Waals surface area (Å²) in [6.45, 7) is 3.36. The first-order valence-corrected chi connectivity index (χ1v) is 5.31. The first kappa shape index (κ1) is 11.3. The number of likely N-dealkylation sites (tertiary alicyclic amines) is 1. The Morgan fingerprint density at radius 1 is 1.53 bits per heavy atom. The molecule has 2 fully saturated rings. The van der Waals surface area contributed by atoms with Crippen LogP contribution in [-0.2, 0) is 18.9 Å². The van der Waals surface area contributed by atoms with E-state index >= 15 is 0 Å². The van der Waals surface area contributed by atoms with Crippen molar-refractivity contribution in [1.82, 2.24) is 4.90 Å². The summed E-state index contributed by atoms with van der Waals surface area (Å²) >= 11 is 0. The molecule has 0 N–H and O–H groups in total. The molecular formula is C10H19NO4. The number of rotatable bonds is 4. The smallest absolute Gasteiger partial charge is 0.182 e. The van der Waals surface area contributed by atoms with Crippen molar-refractivity contribution in [1.29, 1.82) is 0 Å². The van der Waals surface area contributed by atoms with Crippen molar-refractivity contribution in [3.05, 3.63) is 0 Å². The first-order chi connectivity index (χ1) is 7.24. The molecule has 2 aliphatic rings. The largest absolute Gasteiger partial charge is 0.359 e. The van der Waals surface area contributed by atoms with Crippen molar-refractivity contribution in [3.8, 4) is 0 Å². The van der Waals surface area contributed by atoms with Gasteiger partial charge in [-0.15, -0.1) is 0 Å². The highest BCUT2D eigenvalue weighted by Gasteiger charge is 2.45. The lowest BCUT2D eigenvalue weighted by atomic mass is 10.2. The highest BCUT2D eigenvalue weighted by atomic mass is 16.8. The molecule has 2 aliphatic heterocycles. The Kier molecular flexibility index (Phi) is 3.58. The number of methoxy groups -OCH3 is 1.